The maximum absolute atomic E-state index is 9.35. The van der Waals surface area contributed by atoms with Crippen LogP contribution in [0.3, 0.4) is 0 Å². The van der Waals surface area contributed by atoms with Gasteiger partial charge in [-0.3, -0.25) is 0 Å². The normalized spacial score (nSPS) is 73.9. The highest BCUT2D eigenvalue weighted by atomic mass is 16.3. The van der Waals surface area contributed by atoms with Gasteiger partial charge in [-0.25, -0.2) is 0 Å². The molecule has 4 saturated carbocycles. The van der Waals surface area contributed by atoms with Gasteiger partial charge in [-0.15, -0.1) is 0 Å². The molecule has 0 aromatic heterocycles. The summed E-state index contributed by atoms with van der Waals surface area (Å²) in [4.78, 5) is 0. The molecule has 8 heavy (non-hydrogen) atoms. The Hall–Kier alpha value is -0.0400. The first-order valence-electron chi connectivity index (χ1n) is 3.56. The molecule has 0 aliphatic heterocycles. The average Bonchev–Trinajstić information content (AvgIpc) is 2.23. The third-order valence-electron chi connectivity index (χ3n) is 3.43. The van der Waals surface area contributed by atoms with E-state index in [4.69, 9.17) is 0 Å². The fraction of sp³-hybridized carbons (Fsp3) is 1.00. The molecule has 4 bridgehead atoms. The Labute approximate surface area is 48.7 Å². The lowest BCUT2D eigenvalue weighted by molar-refractivity contribution is 0.135. The highest BCUT2D eigenvalue weighted by Gasteiger charge is 2.68. The van der Waals surface area contributed by atoms with E-state index < -0.39 is 0 Å². The predicted octanol–water partition coefficient (Wildman–Crippen LogP) is 0.633. The zero-order chi connectivity index (χ0) is 5.30. The van der Waals surface area contributed by atoms with E-state index in [1.807, 2.05) is 0 Å². The van der Waals surface area contributed by atoms with Gasteiger partial charge in [0.05, 0.1) is 6.10 Å². The molecule has 0 spiro atoms. The van der Waals surface area contributed by atoms with E-state index in [-0.39, 0.29) is 6.10 Å². The first kappa shape index (κ1) is 3.89. The Morgan fingerprint density at radius 3 is 1.88 bits per heavy atom. The van der Waals surface area contributed by atoms with E-state index in [0.717, 1.165) is 23.7 Å². The summed E-state index contributed by atoms with van der Waals surface area (Å²) >= 11 is 0. The summed E-state index contributed by atoms with van der Waals surface area (Å²) in [5.74, 6) is 3.47. The standard InChI is InChI=1S/C7H10O/c8-7-3-1-4-5(2-3)6(4)7/h3-8H,1-2H2/t3?,4-,5?,6?,7-/m1/s1. The van der Waals surface area contributed by atoms with Crippen molar-refractivity contribution >= 4 is 0 Å². The fourth-order valence-corrected chi connectivity index (χ4v) is 3.03. The van der Waals surface area contributed by atoms with Crippen molar-refractivity contribution in [2.24, 2.45) is 23.7 Å². The molecule has 0 amide bonds. The topological polar surface area (TPSA) is 20.2 Å². The third kappa shape index (κ3) is 0.218. The van der Waals surface area contributed by atoms with Gasteiger partial charge >= 0.3 is 0 Å². The summed E-state index contributed by atoms with van der Waals surface area (Å²) < 4.78 is 0. The lowest BCUT2D eigenvalue weighted by atomic mass is 10.1. The highest BCUT2D eigenvalue weighted by Crippen LogP contribution is 2.70. The Bertz CT molecular complexity index is 129. The zero-order valence-electron chi connectivity index (χ0n) is 4.75. The Morgan fingerprint density at radius 2 is 1.75 bits per heavy atom. The molecule has 0 radical (unpaired) electrons. The van der Waals surface area contributed by atoms with Crippen LogP contribution < -0.4 is 0 Å². The lowest BCUT2D eigenvalue weighted by Crippen LogP contribution is -2.09. The number of aliphatic hydroxyl groups excluding tert-OH is 1. The molecule has 0 saturated heterocycles. The van der Waals surface area contributed by atoms with Crippen LogP contribution in [0.2, 0.25) is 0 Å². The number of hydrogen-bond donors (Lipinski definition) is 1. The minimum atomic E-state index is 0.130. The van der Waals surface area contributed by atoms with Gasteiger partial charge in [0.25, 0.3) is 0 Å². The first-order valence-corrected chi connectivity index (χ1v) is 3.56. The molecule has 5 atom stereocenters. The van der Waals surface area contributed by atoms with Crippen LogP contribution >= 0.6 is 0 Å². The summed E-state index contributed by atoms with van der Waals surface area (Å²) in [6, 6.07) is 0. The maximum Gasteiger partial charge on any atom is 0.0602 e. The highest BCUT2D eigenvalue weighted by molar-refractivity contribution is 5.16. The van der Waals surface area contributed by atoms with Crippen LogP contribution in [0.1, 0.15) is 12.8 Å². The second-order valence-electron chi connectivity index (χ2n) is 3.63. The molecule has 3 unspecified atom stereocenters. The van der Waals surface area contributed by atoms with Crippen LogP contribution in [0.25, 0.3) is 0 Å². The van der Waals surface area contributed by atoms with E-state index in [0.29, 0.717) is 0 Å². The van der Waals surface area contributed by atoms with Crippen LogP contribution in [0, 0.1) is 23.7 Å². The fourth-order valence-electron chi connectivity index (χ4n) is 3.03. The lowest BCUT2D eigenvalue weighted by Gasteiger charge is -2.03. The minimum absolute atomic E-state index is 0.130. The average molecular weight is 110 g/mol. The monoisotopic (exact) mass is 110 g/mol. The molecule has 0 heterocycles. The SMILES string of the molecule is O[C@@H]1C2CC3C1[C@@H]3C2. The molecule has 1 heteroatoms. The number of hydrogen-bond acceptors (Lipinski definition) is 1. The summed E-state index contributed by atoms with van der Waals surface area (Å²) in [5.41, 5.74) is 0. The van der Waals surface area contributed by atoms with Gasteiger partial charge in [-0.05, 0) is 36.5 Å². The maximum atomic E-state index is 9.35. The predicted molar refractivity (Wildman–Crippen MR) is 29.2 cm³/mol. The van der Waals surface area contributed by atoms with Crippen molar-refractivity contribution in [3.63, 3.8) is 0 Å². The molecule has 0 aromatic carbocycles. The second kappa shape index (κ2) is 0.860. The van der Waals surface area contributed by atoms with Gasteiger partial charge in [0, 0.05) is 0 Å². The van der Waals surface area contributed by atoms with Crippen LogP contribution in [-0.4, -0.2) is 11.2 Å². The Morgan fingerprint density at radius 1 is 1.12 bits per heavy atom. The molecule has 0 aromatic rings. The smallest absolute Gasteiger partial charge is 0.0602 e. The molecule has 4 fully saturated rings. The van der Waals surface area contributed by atoms with E-state index in [1.54, 1.807) is 0 Å². The summed E-state index contributed by atoms with van der Waals surface area (Å²) in [5, 5.41) is 9.35. The van der Waals surface area contributed by atoms with Gasteiger partial charge in [-0.2, -0.15) is 0 Å². The third-order valence-corrected chi connectivity index (χ3v) is 3.43. The van der Waals surface area contributed by atoms with Gasteiger partial charge in [0.2, 0.25) is 0 Å². The molecule has 4 aliphatic rings. The van der Waals surface area contributed by atoms with Crippen LogP contribution in [0.5, 0.6) is 0 Å². The van der Waals surface area contributed by atoms with Crippen molar-refractivity contribution in [2.75, 3.05) is 0 Å². The van der Waals surface area contributed by atoms with Crippen molar-refractivity contribution in [3.05, 3.63) is 0 Å². The van der Waals surface area contributed by atoms with Gasteiger partial charge in [0.1, 0.15) is 0 Å². The van der Waals surface area contributed by atoms with Crippen LogP contribution in [0.15, 0.2) is 0 Å². The quantitative estimate of drug-likeness (QED) is 0.485. The Balaban J connectivity index is 2.10. The van der Waals surface area contributed by atoms with Gasteiger partial charge in [-0.1, -0.05) is 0 Å². The number of aliphatic hydroxyl groups is 1. The minimum Gasteiger partial charge on any atom is -0.393 e. The van der Waals surface area contributed by atoms with Crippen molar-refractivity contribution in [1.29, 1.82) is 0 Å². The number of rotatable bonds is 0. The second-order valence-corrected chi connectivity index (χ2v) is 3.63. The molecule has 44 valence electrons. The van der Waals surface area contributed by atoms with E-state index in [1.165, 1.54) is 12.8 Å². The molecule has 4 aliphatic carbocycles. The van der Waals surface area contributed by atoms with Gasteiger partial charge < -0.3 is 5.11 Å². The summed E-state index contributed by atoms with van der Waals surface area (Å²) in [6.07, 6.45) is 2.84. The molecule has 1 N–H and O–H groups in total. The molecule has 1 nitrogen and oxygen atoms in total. The molecular weight excluding hydrogens is 100 g/mol. The van der Waals surface area contributed by atoms with Crippen molar-refractivity contribution in [3.8, 4) is 0 Å². The zero-order valence-corrected chi connectivity index (χ0v) is 4.75. The van der Waals surface area contributed by atoms with E-state index in [2.05, 4.69) is 0 Å². The Kier molecular flexibility index (Phi) is 0.418. The summed E-state index contributed by atoms with van der Waals surface area (Å²) in [7, 11) is 0. The van der Waals surface area contributed by atoms with Crippen molar-refractivity contribution < 1.29 is 5.11 Å². The van der Waals surface area contributed by atoms with Gasteiger partial charge in [0.15, 0.2) is 0 Å². The van der Waals surface area contributed by atoms with Crippen LogP contribution in [-0.2, 0) is 0 Å². The van der Waals surface area contributed by atoms with Crippen molar-refractivity contribution in [1.82, 2.24) is 0 Å². The van der Waals surface area contributed by atoms with E-state index in [9.17, 15) is 5.11 Å². The molecule has 4 rings (SSSR count). The van der Waals surface area contributed by atoms with Crippen molar-refractivity contribution in [2.45, 2.75) is 18.9 Å². The largest absolute Gasteiger partial charge is 0.393 e. The molecular formula is C7H10O. The summed E-state index contributed by atoms with van der Waals surface area (Å²) in [6.45, 7) is 0. The van der Waals surface area contributed by atoms with Crippen LogP contribution in [0.4, 0.5) is 0 Å². The van der Waals surface area contributed by atoms with E-state index >= 15 is 0 Å². The first-order chi connectivity index (χ1) is 3.88.